The number of piperazine rings is 1. The number of rotatable bonds is 12. The van der Waals surface area contributed by atoms with E-state index in [2.05, 4.69) is 46.3 Å². The van der Waals surface area contributed by atoms with Crippen LogP contribution in [0.2, 0.25) is 5.02 Å². The number of carbonyl (C=O) groups is 1. The minimum Gasteiger partial charge on any atom is -0.497 e. The highest BCUT2D eigenvalue weighted by molar-refractivity contribution is 7.99. The van der Waals surface area contributed by atoms with Gasteiger partial charge in [0.25, 0.3) is 0 Å². The molecule has 2 atom stereocenters. The minimum atomic E-state index is -1.59. The first-order chi connectivity index (χ1) is 18.8. The Morgan fingerprint density at radius 2 is 1.74 bits per heavy atom. The van der Waals surface area contributed by atoms with Crippen LogP contribution in [0.4, 0.5) is 11.4 Å². The summed E-state index contributed by atoms with van der Waals surface area (Å²) in [6.07, 6.45) is -0.620. The molecule has 4 rings (SSSR count). The van der Waals surface area contributed by atoms with E-state index in [1.165, 1.54) is 23.0 Å². The average molecular weight is 570 g/mol. The molecule has 1 heterocycles. The van der Waals surface area contributed by atoms with E-state index in [1.54, 1.807) is 31.4 Å². The number of methoxy groups -OCH3 is 1. The second-order valence-corrected chi connectivity index (χ2v) is 11.3. The van der Waals surface area contributed by atoms with E-state index in [9.17, 15) is 15.0 Å². The minimum absolute atomic E-state index is 0.549. The number of nitrogens with one attached hydrogen (secondary N) is 1. The van der Waals surface area contributed by atoms with Crippen molar-refractivity contribution in [3.8, 4) is 5.75 Å². The summed E-state index contributed by atoms with van der Waals surface area (Å²) < 4.78 is 5.22. The molecular weight excluding hydrogens is 534 g/mol. The highest BCUT2D eigenvalue weighted by atomic mass is 35.5. The number of anilines is 2. The van der Waals surface area contributed by atoms with Crippen molar-refractivity contribution in [1.82, 2.24) is 4.90 Å². The molecule has 3 aromatic carbocycles. The normalized spacial score (nSPS) is 15.5. The van der Waals surface area contributed by atoms with Gasteiger partial charge in [0.15, 0.2) is 6.10 Å². The van der Waals surface area contributed by atoms with E-state index in [-0.39, 0.29) is 0 Å². The number of hydrogen-bond donors (Lipinski definition) is 3. The van der Waals surface area contributed by atoms with E-state index >= 15 is 0 Å². The zero-order valence-electron chi connectivity index (χ0n) is 22.3. The smallest absolute Gasteiger partial charge is 0.334 e. The molecular formula is C30H36ClN3O4S. The molecule has 208 valence electrons. The predicted octanol–water partition coefficient (Wildman–Crippen LogP) is 5.56. The summed E-state index contributed by atoms with van der Waals surface area (Å²) in [5.41, 5.74) is 4.12. The maximum atomic E-state index is 11.7. The number of nitrogens with zero attached hydrogens (tertiary/aromatic N) is 2. The molecule has 0 aliphatic carbocycles. The maximum absolute atomic E-state index is 11.7. The first-order valence-corrected chi connectivity index (χ1v) is 14.4. The Balaban J connectivity index is 1.33. The van der Waals surface area contributed by atoms with Crippen LogP contribution in [-0.4, -0.2) is 73.6 Å². The summed E-state index contributed by atoms with van der Waals surface area (Å²) >= 11 is 7.59. The molecule has 1 fully saturated rings. The molecule has 0 aromatic heterocycles. The van der Waals surface area contributed by atoms with E-state index in [1.807, 2.05) is 18.2 Å². The maximum Gasteiger partial charge on any atom is 0.334 e. The van der Waals surface area contributed by atoms with Crippen molar-refractivity contribution in [2.75, 3.05) is 56.6 Å². The second kappa shape index (κ2) is 13.9. The van der Waals surface area contributed by atoms with Gasteiger partial charge >= 0.3 is 5.97 Å². The van der Waals surface area contributed by atoms with Crippen LogP contribution in [0.3, 0.4) is 0 Å². The predicted molar refractivity (Wildman–Crippen MR) is 160 cm³/mol. The first kappa shape index (κ1) is 29.1. The van der Waals surface area contributed by atoms with E-state index in [0.717, 1.165) is 56.3 Å². The summed E-state index contributed by atoms with van der Waals surface area (Å²) in [6.45, 7) is 7.98. The average Bonchev–Trinajstić information content (AvgIpc) is 2.95. The lowest BCUT2D eigenvalue weighted by molar-refractivity contribution is -0.146. The fraction of sp³-hybridized carbons (Fsp3) is 0.367. The molecule has 1 aliphatic heterocycles. The molecule has 0 bridgehead atoms. The number of aliphatic hydroxyl groups is 1. The molecule has 3 aromatic rings. The number of aliphatic hydroxyl groups excluding tert-OH is 1. The number of aliphatic carboxylic acids is 1. The van der Waals surface area contributed by atoms with Gasteiger partial charge in [-0.05, 0) is 67.9 Å². The monoisotopic (exact) mass is 569 g/mol. The molecule has 0 radical (unpaired) electrons. The number of carboxylic acid groups (broad SMARTS) is 1. The zero-order chi connectivity index (χ0) is 27.8. The van der Waals surface area contributed by atoms with Gasteiger partial charge in [-0.2, -0.15) is 0 Å². The first-order valence-electron chi connectivity index (χ1n) is 13.1. The van der Waals surface area contributed by atoms with Crippen molar-refractivity contribution in [3.63, 3.8) is 0 Å². The van der Waals surface area contributed by atoms with E-state index < -0.39 is 17.3 Å². The number of ether oxygens (including phenoxy) is 1. The Morgan fingerprint density at radius 3 is 2.38 bits per heavy atom. The molecule has 0 spiro atoms. The number of thioether (sulfide) groups is 1. The highest BCUT2D eigenvalue weighted by Gasteiger charge is 2.29. The second-order valence-electron chi connectivity index (χ2n) is 9.68. The van der Waals surface area contributed by atoms with Crippen molar-refractivity contribution in [2.45, 2.75) is 29.6 Å². The molecule has 3 N–H and O–H groups in total. The Kier molecular flexibility index (Phi) is 10.4. The lowest BCUT2D eigenvalue weighted by Crippen LogP contribution is -2.46. The molecule has 2 unspecified atom stereocenters. The van der Waals surface area contributed by atoms with Crippen molar-refractivity contribution < 1.29 is 19.7 Å². The van der Waals surface area contributed by atoms with Gasteiger partial charge < -0.3 is 25.2 Å². The lowest BCUT2D eigenvalue weighted by Gasteiger charge is -2.36. The van der Waals surface area contributed by atoms with Gasteiger partial charge in [0, 0.05) is 54.0 Å². The Labute approximate surface area is 239 Å². The van der Waals surface area contributed by atoms with E-state index in [0.29, 0.717) is 16.3 Å². The third-order valence-electron chi connectivity index (χ3n) is 6.92. The van der Waals surface area contributed by atoms with Crippen LogP contribution in [0.15, 0.2) is 71.6 Å². The summed E-state index contributed by atoms with van der Waals surface area (Å²) in [6, 6.07) is 21.3. The fourth-order valence-electron chi connectivity index (χ4n) is 4.63. The van der Waals surface area contributed by atoms with Crippen LogP contribution in [0.1, 0.15) is 22.8 Å². The van der Waals surface area contributed by atoms with Crippen LogP contribution in [0.25, 0.3) is 0 Å². The number of aryl methyl sites for hydroxylation is 1. The largest absolute Gasteiger partial charge is 0.497 e. The molecule has 0 amide bonds. The van der Waals surface area contributed by atoms with Gasteiger partial charge in [-0.15, -0.1) is 11.8 Å². The summed E-state index contributed by atoms with van der Waals surface area (Å²) in [5, 5.41) is 23.4. The Morgan fingerprint density at radius 1 is 1.05 bits per heavy atom. The lowest BCUT2D eigenvalue weighted by atomic mass is 10.1. The molecule has 7 nitrogen and oxygen atoms in total. The van der Waals surface area contributed by atoms with Crippen molar-refractivity contribution >= 4 is 40.7 Å². The topological polar surface area (TPSA) is 85.3 Å². The van der Waals surface area contributed by atoms with Gasteiger partial charge in [0.1, 0.15) is 5.75 Å². The van der Waals surface area contributed by atoms with Gasteiger partial charge in [0.2, 0.25) is 0 Å². The molecule has 0 saturated carbocycles. The summed E-state index contributed by atoms with van der Waals surface area (Å²) in [5.74, 6) is -0.615. The number of carboxylic acids is 1. The molecule has 1 saturated heterocycles. The zero-order valence-corrected chi connectivity index (χ0v) is 23.9. The SMILES string of the molecule is COc1ccc(C(Sc2cc(Cl)ccc2NCCCN2CCN(c3ccc(C)cc3)CC2)C(O)C(=O)O)cc1. The molecule has 9 heteroatoms. The van der Waals surface area contributed by atoms with Crippen molar-refractivity contribution in [3.05, 3.63) is 82.9 Å². The van der Waals surface area contributed by atoms with Crippen LogP contribution >= 0.6 is 23.4 Å². The standard InChI is InChI=1S/C30H36ClN3O4S/c1-21-4-9-24(10-5-21)34-18-16-33(17-19-34)15-3-14-32-26-13-8-23(31)20-27(26)39-29(28(35)30(36)37)22-6-11-25(38-2)12-7-22/h4-13,20,28-29,32,35H,3,14-19H2,1-2H3,(H,36,37). The fourth-order valence-corrected chi connectivity index (χ4v) is 6.14. The third-order valence-corrected chi connectivity index (χ3v) is 8.53. The van der Waals surface area contributed by atoms with Crippen LogP contribution in [0.5, 0.6) is 5.75 Å². The molecule has 1 aliphatic rings. The van der Waals surface area contributed by atoms with Gasteiger partial charge in [-0.3, -0.25) is 4.90 Å². The molecule has 39 heavy (non-hydrogen) atoms. The summed E-state index contributed by atoms with van der Waals surface area (Å²) in [4.78, 5) is 17.4. The van der Waals surface area contributed by atoms with E-state index in [4.69, 9.17) is 16.3 Å². The van der Waals surface area contributed by atoms with Crippen molar-refractivity contribution in [1.29, 1.82) is 0 Å². The quantitative estimate of drug-likeness (QED) is 0.193. The number of halogens is 1. The van der Waals surface area contributed by atoms with Crippen molar-refractivity contribution in [2.24, 2.45) is 0 Å². The Hall–Kier alpha value is -2.91. The number of benzene rings is 3. The van der Waals surface area contributed by atoms with Crippen LogP contribution < -0.4 is 15.0 Å². The number of hydrogen-bond acceptors (Lipinski definition) is 7. The van der Waals surface area contributed by atoms with Gasteiger partial charge in [0.05, 0.1) is 12.4 Å². The third kappa shape index (κ3) is 8.05. The van der Waals surface area contributed by atoms with Gasteiger partial charge in [-0.25, -0.2) is 4.79 Å². The van der Waals surface area contributed by atoms with Crippen LogP contribution in [0, 0.1) is 6.92 Å². The van der Waals surface area contributed by atoms with Gasteiger partial charge in [-0.1, -0.05) is 41.4 Å². The highest BCUT2D eigenvalue weighted by Crippen LogP contribution is 2.42. The summed E-state index contributed by atoms with van der Waals surface area (Å²) in [7, 11) is 1.57. The Bertz CT molecular complexity index is 1220. The van der Waals surface area contributed by atoms with Crippen LogP contribution in [-0.2, 0) is 4.79 Å².